The van der Waals surface area contributed by atoms with Crippen molar-refractivity contribution in [3.63, 3.8) is 0 Å². The molecule has 0 fully saturated rings. The van der Waals surface area contributed by atoms with Crippen LogP contribution in [0.1, 0.15) is 12.6 Å². The minimum atomic E-state index is 0.133. The number of rotatable bonds is 3. The fraction of sp³-hybridized carbons (Fsp3) is 0.556. The molecule has 4 heteroatoms. The molecule has 1 atom stereocenters. The van der Waals surface area contributed by atoms with Crippen LogP contribution in [-0.4, -0.2) is 29.6 Å². The van der Waals surface area contributed by atoms with Gasteiger partial charge in [0, 0.05) is 31.5 Å². The third-order valence-electron chi connectivity index (χ3n) is 1.69. The molecule has 1 unspecified atom stereocenters. The molecule has 0 amide bonds. The first-order valence-corrected chi connectivity index (χ1v) is 4.36. The second-order valence-corrected chi connectivity index (χ2v) is 3.36. The van der Waals surface area contributed by atoms with Crippen molar-refractivity contribution in [1.29, 1.82) is 0 Å². The second-order valence-electron chi connectivity index (χ2n) is 3.36. The molecule has 0 saturated heterocycles. The van der Waals surface area contributed by atoms with Crippen molar-refractivity contribution >= 4 is 5.95 Å². The summed E-state index contributed by atoms with van der Waals surface area (Å²) in [6.45, 7) is 4.68. The predicted molar refractivity (Wildman–Crippen MR) is 53.7 cm³/mol. The Hall–Kier alpha value is -1.16. The summed E-state index contributed by atoms with van der Waals surface area (Å²) in [5, 5.41) is 0. The lowest BCUT2D eigenvalue weighted by Gasteiger charge is -2.18. The summed E-state index contributed by atoms with van der Waals surface area (Å²) in [4.78, 5) is 10.4. The zero-order chi connectivity index (χ0) is 9.84. The summed E-state index contributed by atoms with van der Waals surface area (Å²) in [7, 11) is 1.94. The SMILES string of the molecule is Cc1ccnc(N(C)CC(C)N)n1. The van der Waals surface area contributed by atoms with E-state index in [0.29, 0.717) is 0 Å². The molecule has 1 heterocycles. The molecule has 0 aliphatic heterocycles. The molecule has 4 nitrogen and oxygen atoms in total. The molecule has 0 saturated carbocycles. The van der Waals surface area contributed by atoms with Crippen molar-refractivity contribution in [1.82, 2.24) is 9.97 Å². The summed E-state index contributed by atoms with van der Waals surface area (Å²) in [6, 6.07) is 2.01. The lowest BCUT2D eigenvalue weighted by Crippen LogP contribution is -2.33. The lowest BCUT2D eigenvalue weighted by atomic mass is 10.3. The van der Waals surface area contributed by atoms with Crippen LogP contribution in [0.25, 0.3) is 0 Å². The number of anilines is 1. The fourth-order valence-corrected chi connectivity index (χ4v) is 1.13. The minimum absolute atomic E-state index is 0.133. The Kier molecular flexibility index (Phi) is 3.19. The first-order chi connectivity index (χ1) is 6.09. The van der Waals surface area contributed by atoms with Gasteiger partial charge in [-0.15, -0.1) is 0 Å². The standard InChI is InChI=1S/C9H16N4/c1-7(10)6-13(3)9-11-5-4-8(2)12-9/h4-5,7H,6,10H2,1-3H3. The first kappa shape index (κ1) is 9.92. The van der Waals surface area contributed by atoms with Crippen molar-refractivity contribution < 1.29 is 0 Å². The van der Waals surface area contributed by atoms with Crippen LogP contribution in [0.4, 0.5) is 5.95 Å². The molecular formula is C9H16N4. The number of nitrogens with zero attached hydrogens (tertiary/aromatic N) is 3. The van der Waals surface area contributed by atoms with Gasteiger partial charge in [0.15, 0.2) is 0 Å². The first-order valence-electron chi connectivity index (χ1n) is 4.36. The Morgan fingerprint density at radius 2 is 2.31 bits per heavy atom. The molecule has 1 aromatic rings. The average molecular weight is 180 g/mol. The van der Waals surface area contributed by atoms with Gasteiger partial charge in [0.05, 0.1) is 0 Å². The zero-order valence-corrected chi connectivity index (χ0v) is 8.36. The zero-order valence-electron chi connectivity index (χ0n) is 8.36. The number of aromatic nitrogens is 2. The molecular weight excluding hydrogens is 164 g/mol. The van der Waals surface area contributed by atoms with Gasteiger partial charge in [-0.1, -0.05) is 0 Å². The van der Waals surface area contributed by atoms with Gasteiger partial charge in [-0.05, 0) is 19.9 Å². The summed E-state index contributed by atoms with van der Waals surface area (Å²) in [6.07, 6.45) is 1.76. The van der Waals surface area contributed by atoms with Gasteiger partial charge in [-0.3, -0.25) is 0 Å². The van der Waals surface area contributed by atoms with E-state index in [0.717, 1.165) is 18.2 Å². The smallest absolute Gasteiger partial charge is 0.225 e. The van der Waals surface area contributed by atoms with Gasteiger partial charge < -0.3 is 10.6 Å². The highest BCUT2D eigenvalue weighted by Crippen LogP contribution is 2.04. The predicted octanol–water partition coefficient (Wildman–Crippen LogP) is 0.568. The summed E-state index contributed by atoms with van der Waals surface area (Å²) in [5.41, 5.74) is 6.65. The van der Waals surface area contributed by atoms with Crippen LogP contribution in [-0.2, 0) is 0 Å². The van der Waals surface area contributed by atoms with E-state index in [2.05, 4.69) is 9.97 Å². The lowest BCUT2D eigenvalue weighted by molar-refractivity contribution is 0.703. The third kappa shape index (κ3) is 2.99. The molecule has 1 rings (SSSR count). The van der Waals surface area contributed by atoms with Crippen LogP contribution < -0.4 is 10.6 Å². The Morgan fingerprint density at radius 3 is 2.85 bits per heavy atom. The van der Waals surface area contributed by atoms with Crippen LogP contribution in [0, 0.1) is 6.92 Å². The van der Waals surface area contributed by atoms with Gasteiger partial charge in [0.2, 0.25) is 5.95 Å². The van der Waals surface area contributed by atoms with Crippen molar-refractivity contribution in [2.75, 3.05) is 18.5 Å². The maximum absolute atomic E-state index is 5.67. The highest BCUT2D eigenvalue weighted by atomic mass is 15.2. The van der Waals surface area contributed by atoms with Crippen molar-refractivity contribution in [2.24, 2.45) is 5.73 Å². The van der Waals surface area contributed by atoms with E-state index in [1.54, 1.807) is 6.20 Å². The van der Waals surface area contributed by atoms with Crippen LogP contribution in [0.15, 0.2) is 12.3 Å². The average Bonchev–Trinajstić information content (AvgIpc) is 2.03. The molecule has 72 valence electrons. The van der Waals surface area contributed by atoms with Crippen LogP contribution in [0.2, 0.25) is 0 Å². The van der Waals surface area contributed by atoms with Crippen molar-refractivity contribution in [3.8, 4) is 0 Å². The molecule has 2 N–H and O–H groups in total. The number of hydrogen-bond acceptors (Lipinski definition) is 4. The Bertz CT molecular complexity index is 272. The number of likely N-dealkylation sites (N-methyl/N-ethyl adjacent to an activating group) is 1. The van der Waals surface area contributed by atoms with Gasteiger partial charge in [-0.2, -0.15) is 0 Å². The molecule has 0 spiro atoms. The quantitative estimate of drug-likeness (QED) is 0.738. The molecule has 0 aliphatic carbocycles. The molecule has 13 heavy (non-hydrogen) atoms. The van der Waals surface area contributed by atoms with Gasteiger partial charge in [0.1, 0.15) is 0 Å². The Morgan fingerprint density at radius 1 is 1.62 bits per heavy atom. The van der Waals surface area contributed by atoms with Gasteiger partial charge in [-0.25, -0.2) is 9.97 Å². The summed E-state index contributed by atoms with van der Waals surface area (Å²) < 4.78 is 0. The largest absolute Gasteiger partial charge is 0.342 e. The Labute approximate surface area is 78.8 Å². The topological polar surface area (TPSA) is 55.0 Å². The van der Waals surface area contributed by atoms with E-state index in [9.17, 15) is 0 Å². The van der Waals surface area contributed by atoms with E-state index in [1.807, 2.05) is 31.9 Å². The van der Waals surface area contributed by atoms with Crippen LogP contribution in [0.3, 0.4) is 0 Å². The maximum Gasteiger partial charge on any atom is 0.225 e. The van der Waals surface area contributed by atoms with E-state index < -0.39 is 0 Å². The highest BCUT2D eigenvalue weighted by molar-refractivity contribution is 5.28. The molecule has 0 aromatic carbocycles. The normalized spacial score (nSPS) is 12.6. The maximum atomic E-state index is 5.67. The minimum Gasteiger partial charge on any atom is -0.342 e. The second kappa shape index (κ2) is 4.18. The monoisotopic (exact) mass is 180 g/mol. The van der Waals surface area contributed by atoms with Crippen molar-refractivity contribution in [3.05, 3.63) is 18.0 Å². The summed E-state index contributed by atoms with van der Waals surface area (Å²) in [5.74, 6) is 0.734. The fourth-order valence-electron chi connectivity index (χ4n) is 1.13. The van der Waals surface area contributed by atoms with E-state index in [-0.39, 0.29) is 6.04 Å². The molecule has 1 aromatic heterocycles. The number of hydrogen-bond donors (Lipinski definition) is 1. The number of aryl methyl sites for hydroxylation is 1. The third-order valence-corrected chi connectivity index (χ3v) is 1.69. The van der Waals surface area contributed by atoms with E-state index >= 15 is 0 Å². The molecule has 0 bridgehead atoms. The molecule has 0 aliphatic rings. The summed E-state index contributed by atoms with van der Waals surface area (Å²) >= 11 is 0. The van der Waals surface area contributed by atoms with Crippen molar-refractivity contribution in [2.45, 2.75) is 19.9 Å². The highest BCUT2D eigenvalue weighted by Gasteiger charge is 2.05. The van der Waals surface area contributed by atoms with Crippen LogP contribution in [0.5, 0.6) is 0 Å². The van der Waals surface area contributed by atoms with Gasteiger partial charge >= 0.3 is 0 Å². The number of nitrogens with two attached hydrogens (primary N) is 1. The van der Waals surface area contributed by atoms with Crippen LogP contribution >= 0.6 is 0 Å². The van der Waals surface area contributed by atoms with E-state index in [1.165, 1.54) is 0 Å². The Balaban J connectivity index is 2.71. The van der Waals surface area contributed by atoms with Gasteiger partial charge in [0.25, 0.3) is 0 Å². The van der Waals surface area contributed by atoms with E-state index in [4.69, 9.17) is 5.73 Å². The molecule has 0 radical (unpaired) electrons.